The van der Waals surface area contributed by atoms with Gasteiger partial charge in [0.2, 0.25) is 0 Å². The van der Waals surface area contributed by atoms with Gasteiger partial charge in [0.15, 0.2) is 5.65 Å². The van der Waals surface area contributed by atoms with E-state index >= 15 is 0 Å². The molecule has 1 atom stereocenters. The van der Waals surface area contributed by atoms with Crippen LogP contribution in [-0.2, 0) is 5.54 Å². The highest BCUT2D eigenvalue weighted by Crippen LogP contribution is 2.26. The third-order valence-corrected chi connectivity index (χ3v) is 3.87. The molecule has 0 radical (unpaired) electrons. The van der Waals surface area contributed by atoms with Crippen LogP contribution in [0.1, 0.15) is 12.5 Å². The number of nitrogens with zero attached hydrogens (tertiary/aromatic N) is 3. The van der Waals surface area contributed by atoms with Crippen molar-refractivity contribution in [3.8, 4) is 0 Å². The van der Waals surface area contributed by atoms with Crippen molar-refractivity contribution in [1.29, 1.82) is 0 Å². The molecule has 20 heavy (non-hydrogen) atoms. The van der Waals surface area contributed by atoms with Crippen molar-refractivity contribution in [1.82, 2.24) is 14.6 Å². The number of nitrogens with one attached hydrogen (secondary N) is 1. The molecule has 3 aromatic rings. The van der Waals surface area contributed by atoms with E-state index < -0.39 is 0 Å². The Bertz CT molecular complexity index is 710. The molecule has 102 valence electrons. The first kappa shape index (κ1) is 12.9. The fraction of sp³-hybridized carbons (Fsp3) is 0.200. The van der Waals surface area contributed by atoms with Crippen molar-refractivity contribution >= 4 is 23.1 Å². The number of alkyl halides is 1. The molecule has 1 aromatic carbocycles. The Morgan fingerprint density at radius 3 is 2.75 bits per heavy atom. The second-order valence-electron chi connectivity index (χ2n) is 4.90. The fourth-order valence-corrected chi connectivity index (χ4v) is 2.37. The standard InChI is InChI=1S/C15H15ClN4/c1-15(11-16,12-5-3-2-4-6-12)19-13-8-10-20-14(18-13)7-9-17-20/h2-10H,11H2,1H3,(H,18,19). The van der Waals surface area contributed by atoms with Gasteiger partial charge in [-0.1, -0.05) is 30.3 Å². The van der Waals surface area contributed by atoms with Crippen LogP contribution in [0.15, 0.2) is 54.9 Å². The minimum Gasteiger partial charge on any atom is -0.360 e. The molecule has 0 aliphatic carbocycles. The Hall–Kier alpha value is -2.07. The Morgan fingerprint density at radius 1 is 1.20 bits per heavy atom. The van der Waals surface area contributed by atoms with E-state index in [9.17, 15) is 0 Å². The van der Waals surface area contributed by atoms with E-state index in [1.807, 2.05) is 36.5 Å². The van der Waals surface area contributed by atoms with E-state index in [0.29, 0.717) is 5.88 Å². The molecular weight excluding hydrogens is 272 g/mol. The molecule has 0 spiro atoms. The van der Waals surface area contributed by atoms with Gasteiger partial charge in [0, 0.05) is 18.1 Å². The van der Waals surface area contributed by atoms with E-state index in [-0.39, 0.29) is 5.54 Å². The summed E-state index contributed by atoms with van der Waals surface area (Å²) in [6.45, 7) is 2.07. The van der Waals surface area contributed by atoms with Crippen LogP contribution in [0.25, 0.3) is 5.65 Å². The zero-order chi connectivity index (χ0) is 14.0. The molecule has 3 rings (SSSR count). The van der Waals surface area contributed by atoms with Crippen LogP contribution in [0.2, 0.25) is 0 Å². The summed E-state index contributed by atoms with van der Waals surface area (Å²) in [6.07, 6.45) is 3.61. The molecule has 5 heteroatoms. The lowest BCUT2D eigenvalue weighted by molar-refractivity contribution is 0.613. The molecule has 0 saturated carbocycles. The largest absolute Gasteiger partial charge is 0.360 e. The SMILES string of the molecule is CC(CCl)(Nc1ccn2nccc2n1)c1ccccc1. The summed E-state index contributed by atoms with van der Waals surface area (Å²) in [7, 11) is 0. The molecular formula is C15H15ClN4. The second-order valence-corrected chi connectivity index (χ2v) is 5.17. The molecule has 4 nitrogen and oxygen atoms in total. The van der Waals surface area contributed by atoms with Crippen molar-refractivity contribution in [2.75, 3.05) is 11.2 Å². The molecule has 0 saturated heterocycles. The normalized spacial score (nSPS) is 14.1. The first-order chi connectivity index (χ1) is 9.71. The molecule has 0 bridgehead atoms. The molecule has 0 aliphatic rings. The van der Waals surface area contributed by atoms with Crippen LogP contribution >= 0.6 is 11.6 Å². The molecule has 2 aromatic heterocycles. The summed E-state index contributed by atoms with van der Waals surface area (Å²) in [5.74, 6) is 1.23. The average molecular weight is 287 g/mol. The number of anilines is 1. The first-order valence-electron chi connectivity index (χ1n) is 6.41. The van der Waals surface area contributed by atoms with Crippen LogP contribution in [0.3, 0.4) is 0 Å². The second kappa shape index (κ2) is 5.13. The quantitative estimate of drug-likeness (QED) is 0.748. The van der Waals surface area contributed by atoms with Crippen LogP contribution in [0.5, 0.6) is 0 Å². The van der Waals surface area contributed by atoms with E-state index in [1.54, 1.807) is 10.7 Å². The van der Waals surface area contributed by atoms with Gasteiger partial charge < -0.3 is 5.32 Å². The Balaban J connectivity index is 1.94. The van der Waals surface area contributed by atoms with Crippen LogP contribution in [0.4, 0.5) is 5.82 Å². The highest BCUT2D eigenvalue weighted by Gasteiger charge is 2.25. The number of aromatic nitrogens is 3. The van der Waals surface area contributed by atoms with E-state index in [4.69, 9.17) is 11.6 Å². The van der Waals surface area contributed by atoms with Crippen LogP contribution in [0, 0.1) is 0 Å². The third-order valence-electron chi connectivity index (χ3n) is 3.34. The number of benzene rings is 1. The molecule has 0 amide bonds. The third kappa shape index (κ3) is 2.34. The van der Waals surface area contributed by atoms with Crippen LogP contribution < -0.4 is 5.32 Å². The lowest BCUT2D eigenvalue weighted by atomic mass is 9.94. The number of hydrogen-bond donors (Lipinski definition) is 1. The number of hydrogen-bond acceptors (Lipinski definition) is 3. The van der Waals surface area contributed by atoms with E-state index in [1.165, 1.54) is 0 Å². The van der Waals surface area contributed by atoms with Gasteiger partial charge >= 0.3 is 0 Å². The van der Waals surface area contributed by atoms with Gasteiger partial charge in [0.1, 0.15) is 5.82 Å². The molecule has 0 aliphatic heterocycles. The van der Waals surface area contributed by atoms with Gasteiger partial charge in [-0.25, -0.2) is 9.50 Å². The zero-order valence-corrected chi connectivity index (χ0v) is 11.9. The topological polar surface area (TPSA) is 42.2 Å². The number of fused-ring (bicyclic) bond motifs is 1. The summed E-state index contributed by atoms with van der Waals surface area (Å²) >= 11 is 6.18. The highest BCUT2D eigenvalue weighted by atomic mass is 35.5. The van der Waals surface area contributed by atoms with Gasteiger partial charge in [0.05, 0.1) is 11.7 Å². The van der Waals surface area contributed by atoms with Crippen molar-refractivity contribution in [3.63, 3.8) is 0 Å². The Morgan fingerprint density at radius 2 is 2.00 bits per heavy atom. The lowest BCUT2D eigenvalue weighted by Crippen LogP contribution is -2.34. The molecule has 0 fully saturated rings. The summed E-state index contributed by atoms with van der Waals surface area (Å²) in [5.41, 5.74) is 1.57. The van der Waals surface area contributed by atoms with Gasteiger partial charge in [-0.2, -0.15) is 5.10 Å². The van der Waals surface area contributed by atoms with Crippen molar-refractivity contribution in [3.05, 3.63) is 60.4 Å². The molecule has 2 heterocycles. The van der Waals surface area contributed by atoms with Crippen LogP contribution in [-0.4, -0.2) is 20.5 Å². The number of rotatable bonds is 4. The van der Waals surface area contributed by atoms with Crippen molar-refractivity contribution in [2.45, 2.75) is 12.5 Å². The van der Waals surface area contributed by atoms with E-state index in [2.05, 4.69) is 34.5 Å². The maximum Gasteiger partial charge on any atom is 0.157 e. The maximum atomic E-state index is 6.18. The van der Waals surface area contributed by atoms with Gasteiger partial charge in [-0.05, 0) is 18.6 Å². The fourth-order valence-electron chi connectivity index (χ4n) is 2.15. The Kier molecular flexibility index (Phi) is 3.32. The smallest absolute Gasteiger partial charge is 0.157 e. The molecule has 1 N–H and O–H groups in total. The predicted molar refractivity (Wildman–Crippen MR) is 81.1 cm³/mol. The molecule has 1 unspecified atom stereocenters. The predicted octanol–water partition coefficient (Wildman–Crippen LogP) is 3.30. The monoisotopic (exact) mass is 286 g/mol. The summed E-state index contributed by atoms with van der Waals surface area (Å²) in [4.78, 5) is 4.52. The number of halogens is 1. The van der Waals surface area contributed by atoms with E-state index in [0.717, 1.165) is 17.0 Å². The summed E-state index contributed by atoms with van der Waals surface area (Å²) < 4.78 is 1.73. The van der Waals surface area contributed by atoms with Crippen molar-refractivity contribution < 1.29 is 0 Å². The highest BCUT2D eigenvalue weighted by molar-refractivity contribution is 6.18. The minimum atomic E-state index is -0.367. The summed E-state index contributed by atoms with van der Waals surface area (Å²) in [5, 5.41) is 7.55. The van der Waals surface area contributed by atoms with Gasteiger partial charge in [-0.15, -0.1) is 11.6 Å². The Labute approximate surface area is 122 Å². The average Bonchev–Trinajstić information content (AvgIpc) is 2.95. The van der Waals surface area contributed by atoms with Gasteiger partial charge in [-0.3, -0.25) is 0 Å². The lowest BCUT2D eigenvalue weighted by Gasteiger charge is -2.29. The minimum absolute atomic E-state index is 0.367. The first-order valence-corrected chi connectivity index (χ1v) is 6.95. The maximum absolute atomic E-state index is 6.18. The van der Waals surface area contributed by atoms with Gasteiger partial charge in [0.25, 0.3) is 0 Å². The zero-order valence-electron chi connectivity index (χ0n) is 11.1. The summed E-state index contributed by atoms with van der Waals surface area (Å²) in [6, 6.07) is 13.9. The van der Waals surface area contributed by atoms with Crippen molar-refractivity contribution in [2.24, 2.45) is 0 Å².